The molecule has 2 heterocycles. The molecule has 4 N–H and O–H groups in total. The number of ketones is 3. The second-order valence-corrected chi connectivity index (χ2v) is 17.7. The molecule has 19 nitrogen and oxygen atoms in total. The highest BCUT2D eigenvalue weighted by atomic mass is 32.2. The molecule has 0 saturated carbocycles. The van der Waals surface area contributed by atoms with E-state index in [9.17, 15) is 37.2 Å². The SMILES string of the molecule is CC(C)(C)C(=O)OCc1ccc(NC(=O)[C@H](CCCNC(N)=O)CC(=O)COCC(=O)CCCOCCn2cc(CCC(=O)CCCC#Cc3cnc(S(C)(=O)=O)nc3)nn2)cc1. The van der Waals surface area contributed by atoms with E-state index in [4.69, 9.17) is 19.9 Å². The van der Waals surface area contributed by atoms with E-state index in [2.05, 4.69) is 42.8 Å². The second-order valence-electron chi connectivity index (χ2n) is 15.8. The van der Waals surface area contributed by atoms with Crippen molar-refractivity contribution < 1.29 is 51.4 Å². The maximum Gasteiger partial charge on any atom is 0.312 e. The van der Waals surface area contributed by atoms with Gasteiger partial charge in [-0.2, -0.15) is 0 Å². The maximum absolute atomic E-state index is 13.2. The Kier molecular flexibility index (Phi) is 21.7. The van der Waals surface area contributed by atoms with Crippen molar-refractivity contribution in [3.63, 3.8) is 0 Å². The van der Waals surface area contributed by atoms with Gasteiger partial charge in [-0.1, -0.05) is 29.2 Å². The summed E-state index contributed by atoms with van der Waals surface area (Å²) < 4.78 is 40.8. The first-order valence-electron chi connectivity index (χ1n) is 20.6. The molecule has 1 atom stereocenters. The average Bonchev–Trinajstić information content (AvgIpc) is 3.68. The molecule has 0 aliphatic rings. The van der Waals surface area contributed by atoms with Crippen LogP contribution in [0.3, 0.4) is 0 Å². The fourth-order valence-corrected chi connectivity index (χ4v) is 6.05. The quantitative estimate of drug-likeness (QED) is 0.0408. The predicted octanol–water partition coefficient (Wildman–Crippen LogP) is 3.33. The number of esters is 1. The van der Waals surface area contributed by atoms with E-state index in [1.807, 2.05) is 0 Å². The van der Waals surface area contributed by atoms with E-state index < -0.39 is 33.1 Å². The van der Waals surface area contributed by atoms with Gasteiger partial charge in [-0.05, 0) is 70.6 Å². The third-order valence-electron chi connectivity index (χ3n) is 9.01. The van der Waals surface area contributed by atoms with E-state index in [1.54, 1.807) is 55.9 Å². The molecule has 0 bridgehead atoms. The highest BCUT2D eigenvalue weighted by Gasteiger charge is 2.24. The minimum absolute atomic E-state index is 0.0815. The average molecular weight is 895 g/mol. The molecule has 63 heavy (non-hydrogen) atoms. The van der Waals surface area contributed by atoms with Gasteiger partial charge in [-0.15, -0.1) is 5.10 Å². The molecular formula is C43H58N8O11S. The summed E-state index contributed by atoms with van der Waals surface area (Å²) in [4.78, 5) is 81.4. The fourth-order valence-electron chi connectivity index (χ4n) is 5.56. The standard InChI is InChI=1S/C43H58N8O11S/c1-43(2,3)40(56)62-28-31-14-16-34(17-15-31)48-39(55)33(11-8-20-45-41(44)57)24-38(54)30-61-29-37(53)13-9-22-60-23-21-51-27-35(49-50-51)18-19-36(52)12-7-5-6-10-32-25-46-42(47-26-32)63(4,58)59/h14-17,25-27,33H,5,7-9,11-13,18-24,28-30H2,1-4H3,(H,48,55)(H3,44,45,57)/t33-/m1/s1. The van der Waals surface area contributed by atoms with Crippen LogP contribution in [0.4, 0.5) is 10.5 Å². The Morgan fingerprint density at radius 2 is 1.59 bits per heavy atom. The van der Waals surface area contributed by atoms with E-state index in [0.29, 0.717) is 81.6 Å². The lowest BCUT2D eigenvalue weighted by Gasteiger charge is -2.17. The van der Waals surface area contributed by atoms with Gasteiger partial charge in [0.15, 0.2) is 11.6 Å². The molecule has 2 aromatic heterocycles. The summed E-state index contributed by atoms with van der Waals surface area (Å²) in [6, 6.07) is 6.09. The van der Waals surface area contributed by atoms with Gasteiger partial charge < -0.3 is 30.6 Å². The summed E-state index contributed by atoms with van der Waals surface area (Å²) in [5.74, 6) is 3.85. The number of amides is 3. The monoisotopic (exact) mass is 894 g/mol. The third kappa shape index (κ3) is 21.6. The first kappa shape index (κ1) is 51.4. The number of aromatic nitrogens is 5. The first-order chi connectivity index (χ1) is 29.9. The van der Waals surface area contributed by atoms with Crippen LogP contribution < -0.4 is 16.4 Å². The molecule has 3 aromatic rings. The van der Waals surface area contributed by atoms with E-state index in [1.165, 1.54) is 12.4 Å². The Balaban J connectivity index is 1.27. The van der Waals surface area contributed by atoms with Gasteiger partial charge in [0.25, 0.3) is 0 Å². The Hall–Kier alpha value is -5.91. The maximum atomic E-state index is 13.2. The van der Waals surface area contributed by atoms with Crippen molar-refractivity contribution in [3.8, 4) is 11.8 Å². The molecule has 20 heteroatoms. The predicted molar refractivity (Wildman–Crippen MR) is 229 cm³/mol. The van der Waals surface area contributed by atoms with Crippen LogP contribution in [0.2, 0.25) is 0 Å². The Morgan fingerprint density at radius 1 is 0.889 bits per heavy atom. The van der Waals surface area contributed by atoms with Crippen molar-refractivity contribution in [2.75, 3.05) is 44.5 Å². The highest BCUT2D eigenvalue weighted by Crippen LogP contribution is 2.19. The van der Waals surface area contributed by atoms with Crippen LogP contribution in [0.15, 0.2) is 48.0 Å². The molecule has 0 spiro atoms. The number of nitrogens with one attached hydrogen (secondary N) is 2. The molecule has 342 valence electrons. The van der Waals surface area contributed by atoms with Crippen molar-refractivity contribution in [2.24, 2.45) is 17.1 Å². The molecule has 3 rings (SSSR count). The number of ether oxygens (including phenoxy) is 3. The van der Waals surface area contributed by atoms with Crippen LogP contribution in [0.25, 0.3) is 0 Å². The van der Waals surface area contributed by atoms with Crippen molar-refractivity contribution >= 4 is 50.8 Å². The molecular weight excluding hydrogens is 837 g/mol. The number of aryl methyl sites for hydroxylation is 1. The Morgan fingerprint density at radius 3 is 2.27 bits per heavy atom. The van der Waals surface area contributed by atoms with Gasteiger partial charge in [-0.25, -0.2) is 27.9 Å². The minimum atomic E-state index is -3.47. The summed E-state index contributed by atoms with van der Waals surface area (Å²) in [5.41, 5.74) is 6.91. The minimum Gasteiger partial charge on any atom is -0.460 e. The first-order valence-corrected chi connectivity index (χ1v) is 22.5. The summed E-state index contributed by atoms with van der Waals surface area (Å²) in [7, 11) is -3.47. The third-order valence-corrected chi connectivity index (χ3v) is 9.88. The van der Waals surface area contributed by atoms with Gasteiger partial charge in [0, 0.05) is 81.7 Å². The molecule has 0 saturated heterocycles. The number of carbonyl (C=O) groups is 6. The van der Waals surface area contributed by atoms with Gasteiger partial charge in [0.05, 0.1) is 29.8 Å². The lowest BCUT2D eigenvalue weighted by molar-refractivity contribution is -0.154. The normalized spacial score (nSPS) is 11.8. The van der Waals surface area contributed by atoms with E-state index in [0.717, 1.165) is 11.8 Å². The van der Waals surface area contributed by atoms with E-state index in [-0.39, 0.29) is 74.1 Å². The van der Waals surface area contributed by atoms with Crippen LogP contribution in [0, 0.1) is 23.2 Å². The zero-order chi connectivity index (χ0) is 46.3. The number of urea groups is 1. The van der Waals surface area contributed by atoms with Gasteiger partial charge in [-0.3, -0.25) is 24.0 Å². The topological polar surface area (TPSA) is 271 Å². The highest BCUT2D eigenvalue weighted by molar-refractivity contribution is 7.90. The van der Waals surface area contributed by atoms with Crippen LogP contribution in [0.1, 0.15) is 95.4 Å². The second kappa shape index (κ2) is 26.5. The van der Waals surface area contributed by atoms with Crippen LogP contribution >= 0.6 is 0 Å². The van der Waals surface area contributed by atoms with Crippen LogP contribution in [-0.2, 0) is 67.6 Å². The molecule has 0 aliphatic heterocycles. The van der Waals surface area contributed by atoms with Crippen LogP contribution in [-0.4, -0.2) is 108 Å². The zero-order valence-corrected chi connectivity index (χ0v) is 37.2. The summed E-state index contributed by atoms with van der Waals surface area (Å²) in [6.07, 6.45) is 8.87. The van der Waals surface area contributed by atoms with Gasteiger partial charge in [0.2, 0.25) is 20.9 Å². The van der Waals surface area contributed by atoms with Crippen LogP contribution in [0.5, 0.6) is 0 Å². The number of hydrogen-bond acceptors (Lipinski definition) is 15. The number of carbonyl (C=O) groups excluding carboxylic acids is 6. The number of primary amides is 1. The number of sulfone groups is 1. The fraction of sp³-hybridized carbons (Fsp3) is 0.535. The summed E-state index contributed by atoms with van der Waals surface area (Å²) >= 11 is 0. The van der Waals surface area contributed by atoms with Crippen molar-refractivity contribution in [1.29, 1.82) is 0 Å². The zero-order valence-electron chi connectivity index (χ0n) is 36.4. The molecule has 0 radical (unpaired) electrons. The van der Waals surface area contributed by atoms with Crippen molar-refractivity contribution in [3.05, 3.63) is 59.7 Å². The number of benzene rings is 1. The molecule has 0 fully saturated rings. The van der Waals surface area contributed by atoms with Crippen molar-refractivity contribution in [1.82, 2.24) is 30.3 Å². The summed E-state index contributed by atoms with van der Waals surface area (Å²) in [6.45, 7) is 6.09. The summed E-state index contributed by atoms with van der Waals surface area (Å²) in [5, 5.41) is 13.2. The molecule has 1 aromatic carbocycles. The molecule has 0 aliphatic carbocycles. The van der Waals surface area contributed by atoms with Gasteiger partial charge in [0.1, 0.15) is 25.6 Å². The number of hydrogen-bond donors (Lipinski definition) is 3. The van der Waals surface area contributed by atoms with Gasteiger partial charge >= 0.3 is 12.0 Å². The van der Waals surface area contributed by atoms with Crippen molar-refractivity contribution in [2.45, 2.75) is 103 Å². The van der Waals surface area contributed by atoms with E-state index >= 15 is 0 Å². The number of nitrogens with zero attached hydrogens (tertiary/aromatic N) is 5. The number of anilines is 1. The number of unbranched alkanes of at least 4 members (excludes halogenated alkanes) is 1. The molecule has 3 amide bonds. The number of rotatable bonds is 28. The largest absolute Gasteiger partial charge is 0.460 e. The lowest BCUT2D eigenvalue weighted by Crippen LogP contribution is -2.31. The lowest BCUT2D eigenvalue weighted by atomic mass is 9.95. The Labute approximate surface area is 367 Å². The number of Topliss-reactive ketones (excluding diaryl/α,β-unsaturated/α-hetero) is 3. The Bertz CT molecular complexity index is 2160. The number of nitrogens with two attached hydrogens (primary N) is 1. The smallest absolute Gasteiger partial charge is 0.312 e. The molecule has 0 unspecified atom stereocenters.